The van der Waals surface area contributed by atoms with Gasteiger partial charge in [-0.25, -0.2) is 0 Å². The number of rotatable bonds is 3. The number of fused-ring (bicyclic) bond motifs is 1. The number of aliphatic hydroxyl groups excluding tert-OH is 1. The lowest BCUT2D eigenvalue weighted by Gasteiger charge is -2.37. The summed E-state index contributed by atoms with van der Waals surface area (Å²) in [5, 5.41) is 19.4. The third kappa shape index (κ3) is 1.66. The van der Waals surface area contributed by atoms with Gasteiger partial charge in [-0.2, -0.15) is 0 Å². The molecule has 0 saturated heterocycles. The van der Waals surface area contributed by atoms with Gasteiger partial charge in [-0.15, -0.1) is 0 Å². The van der Waals surface area contributed by atoms with Crippen LogP contribution in [0.4, 0.5) is 0 Å². The topological polar surface area (TPSA) is 57.5 Å². The van der Waals surface area contributed by atoms with Crippen molar-refractivity contribution in [3.05, 3.63) is 35.4 Å². The normalized spacial score (nSPS) is 28.5. The first-order chi connectivity index (χ1) is 7.72. The summed E-state index contributed by atoms with van der Waals surface area (Å²) < 4.78 is 0. The van der Waals surface area contributed by atoms with Crippen LogP contribution >= 0.6 is 0 Å². The van der Waals surface area contributed by atoms with Gasteiger partial charge in [0.15, 0.2) is 6.29 Å². The molecule has 0 spiro atoms. The fourth-order valence-corrected chi connectivity index (χ4v) is 2.58. The minimum absolute atomic E-state index is 0.00296. The first-order valence-electron chi connectivity index (χ1n) is 5.60. The van der Waals surface area contributed by atoms with Crippen LogP contribution in [0.3, 0.4) is 0 Å². The fourth-order valence-electron chi connectivity index (χ4n) is 2.58. The summed E-state index contributed by atoms with van der Waals surface area (Å²) in [5.41, 5.74) is 0.318. The first kappa shape index (κ1) is 11.3. The molecule has 0 aromatic heterocycles. The summed E-state index contributed by atoms with van der Waals surface area (Å²) in [7, 11) is 0. The van der Waals surface area contributed by atoms with Gasteiger partial charge in [0.2, 0.25) is 0 Å². The Bertz CT molecular complexity index is 389. The Morgan fingerprint density at radius 3 is 2.88 bits per heavy atom. The Morgan fingerprint density at radius 2 is 2.19 bits per heavy atom. The van der Waals surface area contributed by atoms with E-state index in [1.807, 2.05) is 18.2 Å². The molecule has 2 N–H and O–H groups in total. The largest absolute Gasteiger partial charge is 0.396 e. The van der Waals surface area contributed by atoms with Crippen molar-refractivity contribution in [1.82, 2.24) is 0 Å². The third-order valence-corrected chi connectivity index (χ3v) is 3.49. The van der Waals surface area contributed by atoms with Crippen molar-refractivity contribution in [2.24, 2.45) is 5.92 Å². The second kappa shape index (κ2) is 4.36. The summed E-state index contributed by atoms with van der Waals surface area (Å²) in [6.45, 7) is 0.00296. The second-order valence-corrected chi connectivity index (χ2v) is 4.35. The minimum atomic E-state index is -1.42. The van der Waals surface area contributed by atoms with E-state index in [4.69, 9.17) is 5.11 Å². The number of aldehydes is 1. The maximum absolute atomic E-state index is 11.2. The van der Waals surface area contributed by atoms with Crippen molar-refractivity contribution in [2.45, 2.75) is 24.9 Å². The van der Waals surface area contributed by atoms with Gasteiger partial charge in [-0.1, -0.05) is 24.3 Å². The summed E-state index contributed by atoms with van der Waals surface area (Å²) in [6, 6.07) is 7.48. The molecule has 3 nitrogen and oxygen atoms in total. The average Bonchev–Trinajstić information content (AvgIpc) is 2.33. The molecule has 2 unspecified atom stereocenters. The molecule has 1 aliphatic carbocycles. The van der Waals surface area contributed by atoms with Gasteiger partial charge in [0.25, 0.3) is 0 Å². The van der Waals surface area contributed by atoms with Crippen LogP contribution in [0.15, 0.2) is 24.3 Å². The van der Waals surface area contributed by atoms with Crippen LogP contribution in [-0.2, 0) is 16.8 Å². The van der Waals surface area contributed by atoms with Crippen molar-refractivity contribution in [1.29, 1.82) is 0 Å². The van der Waals surface area contributed by atoms with E-state index < -0.39 is 5.60 Å². The summed E-state index contributed by atoms with van der Waals surface area (Å²) >= 11 is 0. The van der Waals surface area contributed by atoms with Gasteiger partial charge in [0, 0.05) is 12.5 Å². The van der Waals surface area contributed by atoms with E-state index in [-0.39, 0.29) is 12.5 Å². The van der Waals surface area contributed by atoms with Crippen molar-refractivity contribution in [3.63, 3.8) is 0 Å². The Hall–Kier alpha value is -1.19. The smallest absolute Gasteiger partial charge is 0.156 e. The highest BCUT2D eigenvalue weighted by atomic mass is 16.3. The first-order valence-corrected chi connectivity index (χ1v) is 5.60. The van der Waals surface area contributed by atoms with Gasteiger partial charge in [0.1, 0.15) is 5.60 Å². The van der Waals surface area contributed by atoms with Gasteiger partial charge in [-0.3, -0.25) is 4.79 Å². The zero-order chi connectivity index (χ0) is 11.6. The molecule has 1 aliphatic rings. The van der Waals surface area contributed by atoms with E-state index >= 15 is 0 Å². The van der Waals surface area contributed by atoms with Gasteiger partial charge >= 0.3 is 0 Å². The number of hydrogen-bond acceptors (Lipinski definition) is 3. The lowest BCUT2D eigenvalue weighted by molar-refractivity contribution is -0.133. The number of aryl methyl sites for hydroxylation is 1. The van der Waals surface area contributed by atoms with E-state index in [2.05, 4.69) is 0 Å². The van der Waals surface area contributed by atoms with E-state index in [0.29, 0.717) is 18.3 Å². The molecule has 0 amide bonds. The molecule has 1 aromatic rings. The SMILES string of the molecule is O=CC1(O)c2ccccc2CCC1CCO. The Balaban J connectivity index is 2.44. The molecule has 2 atom stereocenters. The minimum Gasteiger partial charge on any atom is -0.396 e. The number of hydrogen-bond donors (Lipinski definition) is 2. The van der Waals surface area contributed by atoms with E-state index in [1.54, 1.807) is 6.07 Å². The summed E-state index contributed by atoms with van der Waals surface area (Å²) in [6.07, 6.45) is 2.68. The third-order valence-electron chi connectivity index (χ3n) is 3.49. The maximum Gasteiger partial charge on any atom is 0.156 e. The predicted octanol–water partition coefficient (Wildman–Crippen LogP) is 1.02. The van der Waals surface area contributed by atoms with Crippen LogP contribution in [0.2, 0.25) is 0 Å². The monoisotopic (exact) mass is 220 g/mol. The molecule has 0 bridgehead atoms. The zero-order valence-electron chi connectivity index (χ0n) is 9.10. The Labute approximate surface area is 94.7 Å². The predicted molar refractivity (Wildman–Crippen MR) is 59.9 cm³/mol. The molecule has 2 rings (SSSR count). The van der Waals surface area contributed by atoms with Crippen molar-refractivity contribution in [3.8, 4) is 0 Å². The van der Waals surface area contributed by atoms with Gasteiger partial charge < -0.3 is 10.2 Å². The van der Waals surface area contributed by atoms with E-state index in [1.165, 1.54) is 0 Å². The number of benzene rings is 1. The van der Waals surface area contributed by atoms with E-state index in [9.17, 15) is 9.90 Å². The van der Waals surface area contributed by atoms with Crippen LogP contribution in [0, 0.1) is 5.92 Å². The zero-order valence-corrected chi connectivity index (χ0v) is 9.10. The molecule has 1 aromatic carbocycles. The van der Waals surface area contributed by atoms with Crippen LogP contribution in [0.25, 0.3) is 0 Å². The standard InChI is InChI=1S/C13H16O3/c14-8-7-11-6-5-10-3-1-2-4-12(10)13(11,16)9-15/h1-4,9,11,14,16H,5-8H2. The number of aliphatic hydroxyl groups is 2. The van der Waals surface area contributed by atoms with Gasteiger partial charge in [-0.05, 0) is 30.4 Å². The number of carbonyl (C=O) groups excluding carboxylic acids is 1. The summed E-state index contributed by atoms with van der Waals surface area (Å²) in [5.74, 6) is -0.176. The quantitative estimate of drug-likeness (QED) is 0.748. The lowest BCUT2D eigenvalue weighted by Crippen LogP contribution is -2.41. The highest BCUT2D eigenvalue weighted by Gasteiger charge is 2.41. The van der Waals surface area contributed by atoms with Crippen molar-refractivity contribution < 1.29 is 15.0 Å². The Morgan fingerprint density at radius 1 is 1.44 bits per heavy atom. The summed E-state index contributed by atoms with van der Waals surface area (Å²) in [4.78, 5) is 11.2. The highest BCUT2D eigenvalue weighted by Crippen LogP contribution is 2.39. The molecule has 3 heteroatoms. The van der Waals surface area contributed by atoms with Gasteiger partial charge in [0.05, 0.1) is 0 Å². The maximum atomic E-state index is 11.2. The van der Waals surface area contributed by atoms with Crippen LogP contribution in [0.1, 0.15) is 24.0 Å². The molecule has 0 aliphatic heterocycles. The van der Waals surface area contributed by atoms with Crippen molar-refractivity contribution in [2.75, 3.05) is 6.61 Å². The van der Waals surface area contributed by atoms with Crippen LogP contribution in [-0.4, -0.2) is 23.1 Å². The fraction of sp³-hybridized carbons (Fsp3) is 0.462. The second-order valence-electron chi connectivity index (χ2n) is 4.35. The Kier molecular flexibility index (Phi) is 3.08. The van der Waals surface area contributed by atoms with E-state index in [0.717, 1.165) is 18.4 Å². The molecule has 0 heterocycles. The molecule has 0 radical (unpaired) electrons. The van der Waals surface area contributed by atoms with Crippen LogP contribution < -0.4 is 0 Å². The average molecular weight is 220 g/mol. The molecule has 0 fully saturated rings. The lowest BCUT2D eigenvalue weighted by atomic mass is 9.71. The molecule has 86 valence electrons. The molecule has 0 saturated carbocycles. The molecular formula is C13H16O3. The molecular weight excluding hydrogens is 204 g/mol. The van der Waals surface area contributed by atoms with Crippen LogP contribution in [0.5, 0.6) is 0 Å². The number of carbonyl (C=O) groups is 1. The highest BCUT2D eigenvalue weighted by molar-refractivity contribution is 5.68. The molecule has 16 heavy (non-hydrogen) atoms. The van der Waals surface area contributed by atoms with Crippen molar-refractivity contribution >= 4 is 6.29 Å².